The summed E-state index contributed by atoms with van der Waals surface area (Å²) in [6, 6.07) is 20.0. The van der Waals surface area contributed by atoms with Crippen molar-refractivity contribution in [2.45, 2.75) is 17.9 Å². The Morgan fingerprint density at radius 2 is 1.68 bits per heavy atom. The molecular weight excluding hydrogens is 374 g/mol. The predicted molar refractivity (Wildman–Crippen MR) is 108 cm³/mol. The van der Waals surface area contributed by atoms with Crippen LogP contribution >= 0.6 is 0 Å². The zero-order valence-electron chi connectivity index (χ0n) is 15.2. The molecule has 28 heavy (non-hydrogen) atoms. The van der Waals surface area contributed by atoms with E-state index >= 15 is 0 Å². The lowest BCUT2D eigenvalue weighted by Crippen LogP contribution is -2.29. The first-order valence-electron chi connectivity index (χ1n) is 8.79. The number of phenols is 1. The second-order valence-electron chi connectivity index (χ2n) is 6.61. The molecule has 0 spiro atoms. The van der Waals surface area contributed by atoms with E-state index in [2.05, 4.69) is 4.72 Å². The van der Waals surface area contributed by atoms with Crippen molar-refractivity contribution in [3.05, 3.63) is 95.9 Å². The van der Waals surface area contributed by atoms with Crippen LogP contribution in [0.4, 0.5) is 0 Å². The molecule has 0 aliphatic heterocycles. The molecule has 0 amide bonds. The molecule has 0 aliphatic rings. The number of benzene rings is 3. The summed E-state index contributed by atoms with van der Waals surface area (Å²) in [5.41, 5.74) is 1.39. The quantitative estimate of drug-likeness (QED) is 0.523. The van der Waals surface area contributed by atoms with E-state index in [4.69, 9.17) is 4.42 Å². The van der Waals surface area contributed by atoms with Crippen molar-refractivity contribution < 1.29 is 17.9 Å². The molecule has 0 bridgehead atoms. The SMILES string of the molecule is Cc1ccc(S(=O)(=O)N[C@@H](c2ccco2)c2ccc3ccccc3c2O)cc1. The van der Waals surface area contributed by atoms with Gasteiger partial charge in [0.2, 0.25) is 10.0 Å². The third-order valence-corrected chi connectivity index (χ3v) is 6.11. The number of hydrogen-bond donors (Lipinski definition) is 2. The first-order valence-corrected chi connectivity index (χ1v) is 10.3. The van der Waals surface area contributed by atoms with Crippen molar-refractivity contribution in [3.8, 4) is 5.75 Å². The lowest BCUT2D eigenvalue weighted by atomic mass is 9.99. The molecule has 4 aromatic rings. The van der Waals surface area contributed by atoms with Crippen LogP contribution in [0.15, 0.2) is 88.4 Å². The molecule has 1 atom stereocenters. The molecule has 0 aliphatic carbocycles. The molecule has 0 fully saturated rings. The van der Waals surface area contributed by atoms with Crippen LogP contribution in [0.2, 0.25) is 0 Å². The van der Waals surface area contributed by atoms with E-state index in [0.717, 1.165) is 10.9 Å². The minimum Gasteiger partial charge on any atom is -0.507 e. The van der Waals surface area contributed by atoms with Gasteiger partial charge in [-0.05, 0) is 36.6 Å². The minimum atomic E-state index is -3.84. The molecular formula is C22H19NO4S. The summed E-state index contributed by atoms with van der Waals surface area (Å²) in [6.07, 6.45) is 1.47. The topological polar surface area (TPSA) is 79.5 Å². The fourth-order valence-electron chi connectivity index (χ4n) is 3.18. The number of aryl methyl sites for hydroxylation is 1. The van der Waals surface area contributed by atoms with Crippen LogP contribution < -0.4 is 4.72 Å². The highest BCUT2D eigenvalue weighted by Crippen LogP contribution is 2.36. The third-order valence-electron chi connectivity index (χ3n) is 4.67. The van der Waals surface area contributed by atoms with Gasteiger partial charge in [-0.1, -0.05) is 54.1 Å². The van der Waals surface area contributed by atoms with Gasteiger partial charge in [0.15, 0.2) is 0 Å². The van der Waals surface area contributed by atoms with Crippen molar-refractivity contribution in [3.63, 3.8) is 0 Å². The van der Waals surface area contributed by atoms with Gasteiger partial charge in [0, 0.05) is 10.9 Å². The van der Waals surface area contributed by atoms with Crippen molar-refractivity contribution in [1.29, 1.82) is 0 Å². The summed E-state index contributed by atoms with van der Waals surface area (Å²) in [6.45, 7) is 1.89. The van der Waals surface area contributed by atoms with Gasteiger partial charge in [0.05, 0.1) is 11.2 Å². The van der Waals surface area contributed by atoms with Gasteiger partial charge in [0.25, 0.3) is 0 Å². The molecule has 3 aromatic carbocycles. The Bertz CT molecular complexity index is 1210. The summed E-state index contributed by atoms with van der Waals surface area (Å²) >= 11 is 0. The molecule has 0 unspecified atom stereocenters. The van der Waals surface area contributed by atoms with Crippen molar-refractivity contribution in [2.75, 3.05) is 0 Å². The van der Waals surface area contributed by atoms with Gasteiger partial charge in [-0.15, -0.1) is 0 Å². The molecule has 5 nitrogen and oxygen atoms in total. The average Bonchev–Trinajstić information content (AvgIpc) is 3.22. The van der Waals surface area contributed by atoms with E-state index in [-0.39, 0.29) is 10.6 Å². The number of nitrogens with one attached hydrogen (secondary N) is 1. The molecule has 4 rings (SSSR count). The molecule has 1 heterocycles. The highest BCUT2D eigenvalue weighted by Gasteiger charge is 2.27. The zero-order valence-corrected chi connectivity index (χ0v) is 16.0. The van der Waals surface area contributed by atoms with Crippen molar-refractivity contribution >= 4 is 20.8 Å². The number of phenolic OH excluding ortho intramolecular Hbond substituents is 1. The zero-order chi connectivity index (χ0) is 19.7. The molecule has 6 heteroatoms. The number of fused-ring (bicyclic) bond motifs is 1. The van der Waals surface area contributed by atoms with Crippen molar-refractivity contribution in [2.24, 2.45) is 0 Å². The summed E-state index contributed by atoms with van der Waals surface area (Å²) in [4.78, 5) is 0.148. The second-order valence-corrected chi connectivity index (χ2v) is 8.32. The smallest absolute Gasteiger partial charge is 0.241 e. The molecule has 0 saturated carbocycles. The summed E-state index contributed by atoms with van der Waals surface area (Å²) in [5, 5.41) is 12.4. The highest BCUT2D eigenvalue weighted by molar-refractivity contribution is 7.89. The normalized spacial score (nSPS) is 12.9. The molecule has 2 N–H and O–H groups in total. The van der Waals surface area contributed by atoms with Crippen LogP contribution in [-0.2, 0) is 10.0 Å². The number of hydrogen-bond acceptors (Lipinski definition) is 4. The first-order chi connectivity index (χ1) is 13.5. The van der Waals surface area contributed by atoms with E-state index in [0.29, 0.717) is 16.7 Å². The standard InChI is InChI=1S/C22H19NO4S/c1-15-8-11-17(12-9-15)28(25,26)23-21(20-7-4-14-27-20)19-13-10-16-5-2-3-6-18(16)22(19)24/h2-14,21,23-24H,1H3/t21-/m1/s1. The Hall–Kier alpha value is -3.09. The minimum absolute atomic E-state index is 0.0195. The van der Waals surface area contributed by atoms with Gasteiger partial charge in [-0.3, -0.25) is 0 Å². The van der Waals surface area contributed by atoms with Crippen LogP contribution in [0.1, 0.15) is 22.9 Å². The van der Waals surface area contributed by atoms with Gasteiger partial charge < -0.3 is 9.52 Å². The molecule has 1 aromatic heterocycles. The van der Waals surface area contributed by atoms with E-state index in [1.54, 1.807) is 48.5 Å². The Balaban J connectivity index is 1.81. The number of sulfonamides is 1. The summed E-state index contributed by atoms with van der Waals surface area (Å²) in [5.74, 6) is 0.410. The van der Waals surface area contributed by atoms with E-state index < -0.39 is 16.1 Å². The first kappa shape index (κ1) is 18.3. The van der Waals surface area contributed by atoms with Gasteiger partial charge in [0.1, 0.15) is 17.6 Å². The van der Waals surface area contributed by atoms with Gasteiger partial charge >= 0.3 is 0 Å². The highest BCUT2D eigenvalue weighted by atomic mass is 32.2. The Morgan fingerprint density at radius 1 is 0.929 bits per heavy atom. The van der Waals surface area contributed by atoms with Crippen LogP contribution in [-0.4, -0.2) is 13.5 Å². The number of aromatic hydroxyl groups is 1. The fraction of sp³-hybridized carbons (Fsp3) is 0.0909. The van der Waals surface area contributed by atoms with E-state index in [9.17, 15) is 13.5 Å². The molecule has 142 valence electrons. The van der Waals surface area contributed by atoms with Crippen molar-refractivity contribution in [1.82, 2.24) is 4.72 Å². The Labute approximate surface area is 163 Å². The van der Waals surface area contributed by atoms with Gasteiger partial charge in [-0.2, -0.15) is 4.72 Å². The second kappa shape index (κ2) is 7.14. The maximum absolute atomic E-state index is 13.0. The summed E-state index contributed by atoms with van der Waals surface area (Å²) < 4.78 is 34.1. The third kappa shape index (κ3) is 3.40. The van der Waals surface area contributed by atoms with Crippen LogP contribution in [0.5, 0.6) is 5.75 Å². The lowest BCUT2D eigenvalue weighted by molar-refractivity contribution is 0.443. The maximum atomic E-state index is 13.0. The van der Waals surface area contributed by atoms with Crippen LogP contribution in [0.25, 0.3) is 10.8 Å². The van der Waals surface area contributed by atoms with Crippen LogP contribution in [0, 0.1) is 6.92 Å². The Morgan fingerprint density at radius 3 is 2.39 bits per heavy atom. The fourth-order valence-corrected chi connectivity index (χ4v) is 4.36. The van der Waals surface area contributed by atoms with E-state index in [1.807, 2.05) is 31.2 Å². The summed E-state index contributed by atoms with van der Waals surface area (Å²) in [7, 11) is -3.84. The molecule has 0 saturated heterocycles. The Kier molecular flexibility index (Phi) is 4.66. The van der Waals surface area contributed by atoms with E-state index in [1.165, 1.54) is 6.26 Å². The maximum Gasteiger partial charge on any atom is 0.241 e. The largest absolute Gasteiger partial charge is 0.507 e. The monoisotopic (exact) mass is 393 g/mol. The number of rotatable bonds is 5. The lowest BCUT2D eigenvalue weighted by Gasteiger charge is -2.19. The van der Waals surface area contributed by atoms with Gasteiger partial charge in [-0.25, -0.2) is 8.42 Å². The average molecular weight is 393 g/mol. The molecule has 0 radical (unpaired) electrons. The number of furan rings is 1. The van der Waals surface area contributed by atoms with Crippen LogP contribution in [0.3, 0.4) is 0 Å². The predicted octanol–water partition coefficient (Wildman–Crippen LogP) is 4.51.